The molecule has 0 amide bonds. The Morgan fingerprint density at radius 1 is 1.05 bits per heavy atom. The van der Waals surface area contributed by atoms with Crippen molar-refractivity contribution in [2.75, 3.05) is 27.2 Å². The smallest absolute Gasteiger partial charge is 0.275 e. The first-order valence-corrected chi connectivity index (χ1v) is 9.09. The Kier molecular flexibility index (Phi) is 7.42. The molecule has 0 radical (unpaired) electrons. The minimum Gasteiger partial charge on any atom is -0.447 e. The second-order valence-corrected chi connectivity index (χ2v) is 7.57. The fourth-order valence-corrected chi connectivity index (χ4v) is 2.83. The third-order valence-corrected chi connectivity index (χ3v) is 5.10. The summed E-state index contributed by atoms with van der Waals surface area (Å²) in [5.74, 6) is 0.711. The molecule has 0 fully saturated rings. The van der Waals surface area contributed by atoms with Crippen LogP contribution in [0.15, 0.2) is 21.6 Å². The molecule has 0 aliphatic carbocycles. The summed E-state index contributed by atoms with van der Waals surface area (Å²) >= 11 is 0. The number of rotatable bonds is 10. The van der Waals surface area contributed by atoms with Gasteiger partial charge in [0.1, 0.15) is 5.76 Å². The van der Waals surface area contributed by atoms with Gasteiger partial charge in [-0.2, -0.15) is 0 Å². The molecular weight excluding hydrogens is 288 g/mol. The van der Waals surface area contributed by atoms with Gasteiger partial charge in [-0.25, -0.2) is 12.7 Å². The highest BCUT2D eigenvalue weighted by Crippen LogP contribution is 2.18. The summed E-state index contributed by atoms with van der Waals surface area (Å²) in [6.45, 7) is 7.06. The third kappa shape index (κ3) is 5.45. The standard InChI is InChI=1S/C15H28N2O3S/c1-5-7-11-17(12-8-6-2)13-14-9-10-15(20-14)21(18,19)16(3)4/h9-10H,5-8,11-13H2,1-4H3. The van der Waals surface area contributed by atoms with E-state index in [2.05, 4.69) is 18.7 Å². The number of hydrogen-bond donors (Lipinski definition) is 0. The molecule has 0 unspecified atom stereocenters. The number of furan rings is 1. The largest absolute Gasteiger partial charge is 0.447 e. The molecule has 1 rings (SSSR count). The summed E-state index contributed by atoms with van der Waals surface area (Å²) in [5.41, 5.74) is 0. The number of sulfonamides is 1. The van der Waals surface area contributed by atoms with Crippen molar-refractivity contribution in [1.29, 1.82) is 0 Å². The molecule has 0 bridgehead atoms. The number of unbranched alkanes of at least 4 members (excludes halogenated alkanes) is 2. The van der Waals surface area contributed by atoms with Gasteiger partial charge in [-0.1, -0.05) is 26.7 Å². The highest BCUT2D eigenvalue weighted by atomic mass is 32.2. The van der Waals surface area contributed by atoms with Crippen LogP contribution in [0.3, 0.4) is 0 Å². The lowest BCUT2D eigenvalue weighted by Crippen LogP contribution is -2.25. The molecule has 6 heteroatoms. The maximum atomic E-state index is 12.0. The van der Waals surface area contributed by atoms with Crippen molar-refractivity contribution in [1.82, 2.24) is 9.21 Å². The average Bonchev–Trinajstić information content (AvgIpc) is 2.90. The SMILES string of the molecule is CCCCN(CCCC)Cc1ccc(S(=O)(=O)N(C)C)o1. The fraction of sp³-hybridized carbons (Fsp3) is 0.733. The minimum atomic E-state index is -3.48. The van der Waals surface area contributed by atoms with E-state index in [0.29, 0.717) is 12.3 Å². The van der Waals surface area contributed by atoms with Crippen LogP contribution in [0.2, 0.25) is 0 Å². The maximum absolute atomic E-state index is 12.0. The van der Waals surface area contributed by atoms with E-state index in [1.54, 1.807) is 12.1 Å². The van der Waals surface area contributed by atoms with E-state index in [-0.39, 0.29) is 5.09 Å². The highest BCUT2D eigenvalue weighted by Gasteiger charge is 2.21. The molecule has 0 saturated carbocycles. The summed E-state index contributed by atoms with van der Waals surface area (Å²) in [6, 6.07) is 3.31. The van der Waals surface area contributed by atoms with E-state index in [1.165, 1.54) is 18.4 Å². The van der Waals surface area contributed by atoms with Gasteiger partial charge in [0, 0.05) is 14.1 Å². The molecule has 0 aromatic carbocycles. The van der Waals surface area contributed by atoms with Crippen molar-refractivity contribution in [3.8, 4) is 0 Å². The Hall–Kier alpha value is -0.850. The lowest BCUT2D eigenvalue weighted by molar-refractivity contribution is 0.229. The van der Waals surface area contributed by atoms with Gasteiger partial charge in [0.05, 0.1) is 6.54 Å². The van der Waals surface area contributed by atoms with E-state index >= 15 is 0 Å². The predicted octanol–water partition coefficient (Wildman–Crippen LogP) is 2.93. The first-order valence-electron chi connectivity index (χ1n) is 7.65. The van der Waals surface area contributed by atoms with E-state index < -0.39 is 10.0 Å². The molecule has 1 aromatic rings. The topological polar surface area (TPSA) is 53.8 Å². The molecule has 21 heavy (non-hydrogen) atoms. The molecule has 122 valence electrons. The lowest BCUT2D eigenvalue weighted by Gasteiger charge is -2.20. The summed E-state index contributed by atoms with van der Waals surface area (Å²) in [7, 11) is -0.465. The summed E-state index contributed by atoms with van der Waals surface area (Å²) in [4.78, 5) is 2.33. The Labute approximate surface area is 129 Å². The van der Waals surface area contributed by atoms with Gasteiger partial charge in [-0.15, -0.1) is 0 Å². The van der Waals surface area contributed by atoms with Crippen LogP contribution < -0.4 is 0 Å². The van der Waals surface area contributed by atoms with Gasteiger partial charge < -0.3 is 4.42 Å². The van der Waals surface area contributed by atoms with Crippen molar-refractivity contribution >= 4 is 10.0 Å². The van der Waals surface area contributed by atoms with Crippen molar-refractivity contribution in [3.63, 3.8) is 0 Å². The van der Waals surface area contributed by atoms with E-state index in [0.717, 1.165) is 38.8 Å². The van der Waals surface area contributed by atoms with Crippen LogP contribution >= 0.6 is 0 Å². The Balaban J connectivity index is 2.74. The summed E-state index contributed by atoms with van der Waals surface area (Å²) in [6.07, 6.45) is 4.60. The van der Waals surface area contributed by atoms with Crippen LogP contribution in [0.4, 0.5) is 0 Å². The van der Waals surface area contributed by atoms with Crippen molar-refractivity contribution in [2.24, 2.45) is 0 Å². The molecular formula is C15H28N2O3S. The molecule has 5 nitrogen and oxygen atoms in total. The zero-order valence-corrected chi connectivity index (χ0v) is 14.4. The van der Waals surface area contributed by atoms with Crippen molar-refractivity contribution < 1.29 is 12.8 Å². The van der Waals surface area contributed by atoms with Crippen molar-refractivity contribution in [3.05, 3.63) is 17.9 Å². The molecule has 1 heterocycles. The van der Waals surface area contributed by atoms with Gasteiger partial charge >= 0.3 is 0 Å². The molecule has 0 N–H and O–H groups in total. The molecule has 0 atom stereocenters. The van der Waals surface area contributed by atoms with Gasteiger partial charge in [0.15, 0.2) is 0 Å². The van der Waals surface area contributed by atoms with Gasteiger partial charge in [0.2, 0.25) is 5.09 Å². The van der Waals surface area contributed by atoms with E-state index in [1.807, 2.05) is 0 Å². The zero-order valence-electron chi connectivity index (χ0n) is 13.6. The second kappa shape index (κ2) is 8.56. The minimum absolute atomic E-state index is 0.0217. The first kappa shape index (κ1) is 18.2. The van der Waals surface area contributed by atoms with Crippen molar-refractivity contribution in [2.45, 2.75) is 51.2 Å². The number of nitrogens with zero attached hydrogens (tertiary/aromatic N) is 2. The van der Waals surface area contributed by atoms with Crippen LogP contribution in [-0.2, 0) is 16.6 Å². The second-order valence-electron chi connectivity index (χ2n) is 5.49. The molecule has 0 saturated heterocycles. The molecule has 1 aromatic heterocycles. The maximum Gasteiger partial charge on any atom is 0.275 e. The quantitative estimate of drug-likeness (QED) is 0.666. The predicted molar refractivity (Wildman–Crippen MR) is 84.7 cm³/mol. The van der Waals surface area contributed by atoms with Gasteiger partial charge in [-0.3, -0.25) is 4.90 Å². The van der Waals surface area contributed by atoms with E-state index in [9.17, 15) is 8.42 Å². The van der Waals surface area contributed by atoms with E-state index in [4.69, 9.17) is 4.42 Å². The normalized spacial score (nSPS) is 12.5. The Morgan fingerprint density at radius 2 is 1.62 bits per heavy atom. The average molecular weight is 316 g/mol. The van der Waals surface area contributed by atoms with Crippen LogP contribution in [0.1, 0.15) is 45.3 Å². The monoisotopic (exact) mass is 316 g/mol. The van der Waals surface area contributed by atoms with Crippen LogP contribution in [0, 0.1) is 0 Å². The van der Waals surface area contributed by atoms with Crippen LogP contribution in [0.25, 0.3) is 0 Å². The Bertz CT molecular complexity index is 501. The van der Waals surface area contributed by atoms with Crippen LogP contribution in [0.5, 0.6) is 0 Å². The molecule has 0 aliphatic heterocycles. The first-order chi connectivity index (χ1) is 9.91. The lowest BCUT2D eigenvalue weighted by atomic mass is 10.2. The summed E-state index contributed by atoms with van der Waals surface area (Å²) in [5, 5.41) is 0.0217. The summed E-state index contributed by atoms with van der Waals surface area (Å²) < 4.78 is 30.7. The highest BCUT2D eigenvalue weighted by molar-refractivity contribution is 7.88. The Morgan fingerprint density at radius 3 is 2.10 bits per heavy atom. The fourth-order valence-electron chi connectivity index (χ4n) is 2.02. The number of hydrogen-bond acceptors (Lipinski definition) is 4. The van der Waals surface area contributed by atoms with Crippen LogP contribution in [-0.4, -0.2) is 44.8 Å². The molecule has 0 spiro atoms. The molecule has 0 aliphatic rings. The third-order valence-electron chi connectivity index (χ3n) is 3.41. The zero-order chi connectivity index (χ0) is 15.9. The van der Waals surface area contributed by atoms with Gasteiger partial charge in [-0.05, 0) is 38.1 Å². The van der Waals surface area contributed by atoms with Gasteiger partial charge in [0.25, 0.3) is 10.0 Å².